The number of carboxylic acid groups (broad SMARTS) is 1. The molecule has 5 heteroatoms. The van der Waals surface area contributed by atoms with Crippen molar-refractivity contribution >= 4 is 18.1 Å². The zero-order chi connectivity index (χ0) is 19.9. The molecule has 0 unspecified atom stereocenters. The molecule has 142 valence electrons. The smallest absolute Gasteiger partial charge is 0.335 e. The van der Waals surface area contributed by atoms with E-state index in [4.69, 9.17) is 14.6 Å². The summed E-state index contributed by atoms with van der Waals surface area (Å²) in [6.07, 6.45) is 6.05. The Labute approximate surface area is 164 Å². The summed E-state index contributed by atoms with van der Waals surface area (Å²) in [5.74, 6) is 0.459. The summed E-state index contributed by atoms with van der Waals surface area (Å²) >= 11 is 0. The van der Waals surface area contributed by atoms with Gasteiger partial charge in [0.1, 0.15) is 0 Å². The maximum Gasteiger partial charge on any atom is 0.335 e. The Morgan fingerprint density at radius 1 is 0.964 bits per heavy atom. The predicted octanol–water partition coefficient (Wildman–Crippen LogP) is 3.91. The Morgan fingerprint density at radius 3 is 2.39 bits per heavy atom. The fourth-order valence-electron chi connectivity index (χ4n) is 2.87. The molecule has 0 saturated heterocycles. The van der Waals surface area contributed by atoms with E-state index in [-0.39, 0.29) is 5.56 Å². The van der Waals surface area contributed by atoms with Crippen molar-refractivity contribution in [3.63, 3.8) is 0 Å². The number of nitrogens with zero attached hydrogens (tertiary/aromatic N) is 1. The minimum absolute atomic E-state index is 0.287. The van der Waals surface area contributed by atoms with Gasteiger partial charge in [-0.1, -0.05) is 18.2 Å². The van der Waals surface area contributed by atoms with E-state index >= 15 is 0 Å². The highest BCUT2D eigenvalue weighted by atomic mass is 16.5. The predicted molar refractivity (Wildman–Crippen MR) is 108 cm³/mol. The second-order valence-corrected chi connectivity index (χ2v) is 6.20. The average Bonchev–Trinajstić information content (AvgIpc) is 2.73. The molecule has 2 aromatic carbocycles. The van der Waals surface area contributed by atoms with Crippen molar-refractivity contribution < 1.29 is 23.9 Å². The zero-order valence-corrected chi connectivity index (χ0v) is 15.8. The van der Waals surface area contributed by atoms with Crippen LogP contribution >= 0.6 is 0 Å². The molecule has 1 N–H and O–H groups in total. The lowest BCUT2D eigenvalue weighted by Gasteiger charge is -2.07. The summed E-state index contributed by atoms with van der Waals surface area (Å²) in [6, 6.07) is 18.7. The number of aromatic nitrogens is 1. The summed E-state index contributed by atoms with van der Waals surface area (Å²) in [5.41, 5.74) is 3.34. The maximum absolute atomic E-state index is 11.0. The van der Waals surface area contributed by atoms with E-state index in [1.54, 1.807) is 26.4 Å². The molecule has 28 heavy (non-hydrogen) atoms. The van der Waals surface area contributed by atoms with Gasteiger partial charge in [-0.05, 0) is 42.0 Å². The molecule has 0 spiro atoms. The van der Waals surface area contributed by atoms with Gasteiger partial charge in [-0.3, -0.25) is 0 Å². The largest absolute Gasteiger partial charge is 0.493 e. The first-order valence-corrected chi connectivity index (χ1v) is 8.81. The third kappa shape index (κ3) is 4.57. The van der Waals surface area contributed by atoms with Crippen LogP contribution in [0.3, 0.4) is 0 Å². The number of aromatic carboxylic acids is 1. The third-order valence-electron chi connectivity index (χ3n) is 4.38. The van der Waals surface area contributed by atoms with Gasteiger partial charge >= 0.3 is 5.97 Å². The normalized spacial score (nSPS) is 10.8. The molecular formula is C23H22NO4+. The lowest BCUT2D eigenvalue weighted by atomic mass is 10.1. The fraction of sp³-hybridized carbons (Fsp3) is 0.130. The number of hydrogen-bond acceptors (Lipinski definition) is 3. The second-order valence-electron chi connectivity index (χ2n) is 6.20. The van der Waals surface area contributed by atoms with Crippen molar-refractivity contribution in [2.45, 2.75) is 6.54 Å². The molecule has 0 fully saturated rings. The summed E-state index contributed by atoms with van der Waals surface area (Å²) in [6.45, 7) is 0.645. The molecule has 0 saturated carbocycles. The van der Waals surface area contributed by atoms with Gasteiger partial charge in [0.15, 0.2) is 24.2 Å². The number of carboxylic acids is 1. The molecule has 0 aliphatic rings. The van der Waals surface area contributed by atoms with Crippen LogP contribution in [0.1, 0.15) is 27.2 Å². The minimum atomic E-state index is -0.919. The van der Waals surface area contributed by atoms with Gasteiger partial charge in [0.05, 0.1) is 19.8 Å². The number of carbonyl (C=O) groups is 1. The molecule has 0 amide bonds. The molecule has 0 aliphatic heterocycles. The first kappa shape index (κ1) is 19.2. The first-order chi connectivity index (χ1) is 13.6. The lowest BCUT2D eigenvalue weighted by molar-refractivity contribution is -0.690. The summed E-state index contributed by atoms with van der Waals surface area (Å²) in [7, 11) is 3.23. The van der Waals surface area contributed by atoms with Crippen LogP contribution < -0.4 is 14.0 Å². The number of rotatable bonds is 7. The molecule has 0 bridgehead atoms. The quantitative estimate of drug-likeness (QED) is 0.635. The number of hydrogen-bond donors (Lipinski definition) is 1. The maximum atomic E-state index is 11.0. The Bertz CT molecular complexity index is 994. The van der Waals surface area contributed by atoms with Crippen molar-refractivity contribution in [1.82, 2.24) is 0 Å². The second kappa shape index (κ2) is 8.86. The Hall–Kier alpha value is -3.60. The molecule has 3 rings (SSSR count). The molecule has 1 aromatic heterocycles. The van der Waals surface area contributed by atoms with Crippen LogP contribution in [-0.4, -0.2) is 25.3 Å². The van der Waals surface area contributed by atoms with Gasteiger partial charge in [-0.15, -0.1) is 0 Å². The number of pyridine rings is 1. The minimum Gasteiger partial charge on any atom is -0.493 e. The van der Waals surface area contributed by atoms with Crippen LogP contribution in [0.5, 0.6) is 11.5 Å². The van der Waals surface area contributed by atoms with Crippen LogP contribution in [0, 0.1) is 0 Å². The van der Waals surface area contributed by atoms with Crippen LogP contribution in [-0.2, 0) is 6.54 Å². The highest BCUT2D eigenvalue weighted by Gasteiger charge is 2.10. The lowest BCUT2D eigenvalue weighted by Crippen LogP contribution is -2.36. The Morgan fingerprint density at radius 2 is 1.71 bits per heavy atom. The van der Waals surface area contributed by atoms with E-state index < -0.39 is 5.97 Å². The van der Waals surface area contributed by atoms with Gasteiger partial charge in [0, 0.05) is 23.8 Å². The summed E-state index contributed by atoms with van der Waals surface area (Å²) in [5, 5.41) is 9.03. The number of methoxy groups -OCH3 is 2. The Kier molecular flexibility index (Phi) is 6.07. The van der Waals surface area contributed by atoms with Crippen molar-refractivity contribution in [3.05, 3.63) is 89.2 Å². The molecule has 0 aliphatic carbocycles. The molecule has 0 atom stereocenters. The third-order valence-corrected chi connectivity index (χ3v) is 4.38. The Balaban J connectivity index is 1.82. The highest BCUT2D eigenvalue weighted by Crippen LogP contribution is 2.28. The van der Waals surface area contributed by atoms with Gasteiger partial charge < -0.3 is 14.6 Å². The van der Waals surface area contributed by atoms with Crippen LogP contribution in [0.25, 0.3) is 12.2 Å². The van der Waals surface area contributed by atoms with E-state index in [9.17, 15) is 4.79 Å². The molecule has 0 radical (unpaired) electrons. The molecular weight excluding hydrogens is 354 g/mol. The van der Waals surface area contributed by atoms with E-state index in [1.165, 1.54) is 0 Å². The number of benzene rings is 2. The summed E-state index contributed by atoms with van der Waals surface area (Å²) in [4.78, 5) is 11.0. The molecule has 5 nitrogen and oxygen atoms in total. The van der Waals surface area contributed by atoms with Crippen LogP contribution in [0.15, 0.2) is 66.9 Å². The fourth-order valence-corrected chi connectivity index (χ4v) is 2.87. The van der Waals surface area contributed by atoms with E-state index in [2.05, 4.69) is 4.57 Å². The van der Waals surface area contributed by atoms with Gasteiger partial charge in [0.25, 0.3) is 0 Å². The zero-order valence-electron chi connectivity index (χ0n) is 15.8. The highest BCUT2D eigenvalue weighted by molar-refractivity contribution is 5.87. The van der Waals surface area contributed by atoms with Crippen LogP contribution in [0.4, 0.5) is 0 Å². The molecule has 3 aromatic rings. The van der Waals surface area contributed by atoms with E-state index in [0.29, 0.717) is 18.0 Å². The van der Waals surface area contributed by atoms with Crippen molar-refractivity contribution in [1.29, 1.82) is 0 Å². The SMILES string of the molecule is COc1ccc(/C=C/c2cccc[n+]2Cc2ccc(C(=O)O)cc2)cc1OC. The van der Waals surface area contributed by atoms with Crippen LogP contribution in [0.2, 0.25) is 0 Å². The van der Waals surface area contributed by atoms with E-state index in [0.717, 1.165) is 16.8 Å². The standard InChI is InChI=1S/C23H21NO4/c1-27-21-13-9-17(15-22(21)28-2)8-12-20-5-3-4-14-24(20)16-18-6-10-19(11-7-18)23(25)26/h3-15H,16H2,1-2H3/p+1/b12-8+. The topological polar surface area (TPSA) is 59.6 Å². The number of ether oxygens (including phenoxy) is 2. The van der Waals surface area contributed by atoms with Gasteiger partial charge in [-0.25, -0.2) is 4.79 Å². The monoisotopic (exact) mass is 376 g/mol. The van der Waals surface area contributed by atoms with Crippen molar-refractivity contribution in [3.8, 4) is 11.5 Å². The van der Waals surface area contributed by atoms with Crippen molar-refractivity contribution in [2.24, 2.45) is 0 Å². The van der Waals surface area contributed by atoms with Gasteiger partial charge in [-0.2, -0.15) is 4.57 Å². The first-order valence-electron chi connectivity index (χ1n) is 8.81. The molecule has 1 heterocycles. The average molecular weight is 376 g/mol. The summed E-state index contributed by atoms with van der Waals surface area (Å²) < 4.78 is 12.7. The van der Waals surface area contributed by atoms with Crippen molar-refractivity contribution in [2.75, 3.05) is 14.2 Å². The van der Waals surface area contributed by atoms with Gasteiger partial charge in [0.2, 0.25) is 5.69 Å². The van der Waals surface area contributed by atoms with E-state index in [1.807, 2.05) is 66.9 Å².